The lowest BCUT2D eigenvalue weighted by molar-refractivity contribution is -0.123. The molecule has 1 N–H and O–H groups in total. The van der Waals surface area contributed by atoms with Gasteiger partial charge in [-0.15, -0.1) is 0 Å². The lowest BCUT2D eigenvalue weighted by Crippen LogP contribution is -2.42. The minimum absolute atomic E-state index is 0.00750. The molecule has 1 fully saturated rings. The van der Waals surface area contributed by atoms with Gasteiger partial charge >= 0.3 is 0 Å². The van der Waals surface area contributed by atoms with Crippen molar-refractivity contribution >= 4 is 17.5 Å². The van der Waals surface area contributed by atoms with Crippen LogP contribution in [0.4, 0.5) is 5.69 Å². The second-order valence-electron chi connectivity index (χ2n) is 6.20. The third-order valence-electron chi connectivity index (χ3n) is 3.75. The van der Waals surface area contributed by atoms with E-state index in [-0.39, 0.29) is 30.6 Å². The summed E-state index contributed by atoms with van der Waals surface area (Å²) in [5, 5.41) is 2.83. The molecule has 6 nitrogen and oxygen atoms in total. The van der Waals surface area contributed by atoms with Crippen molar-refractivity contribution in [1.29, 1.82) is 0 Å². The molecule has 1 atom stereocenters. The highest BCUT2D eigenvalue weighted by atomic mass is 16.5. The van der Waals surface area contributed by atoms with Crippen molar-refractivity contribution in [3.63, 3.8) is 0 Å². The highest BCUT2D eigenvalue weighted by Gasteiger charge is 2.19. The number of carbonyl (C=O) groups excluding carboxylic acids is 2. The molecule has 6 heteroatoms. The summed E-state index contributed by atoms with van der Waals surface area (Å²) in [5.41, 5.74) is 0.672. The maximum atomic E-state index is 12.1. The molecule has 0 spiro atoms. The van der Waals surface area contributed by atoms with E-state index in [1.165, 1.54) is 11.8 Å². The summed E-state index contributed by atoms with van der Waals surface area (Å²) in [6, 6.07) is 7.17. The Bertz CT molecular complexity index is 551. The van der Waals surface area contributed by atoms with E-state index >= 15 is 0 Å². The summed E-state index contributed by atoms with van der Waals surface area (Å²) < 4.78 is 11.1. The quantitative estimate of drug-likeness (QED) is 0.829. The zero-order valence-electron chi connectivity index (χ0n) is 14.6. The van der Waals surface area contributed by atoms with Gasteiger partial charge < -0.3 is 19.7 Å². The maximum Gasteiger partial charge on any atom is 0.240 e. The molecule has 24 heavy (non-hydrogen) atoms. The molecule has 132 valence electrons. The molecule has 0 radical (unpaired) electrons. The molecule has 0 aromatic heterocycles. The zero-order valence-corrected chi connectivity index (χ0v) is 14.6. The van der Waals surface area contributed by atoms with Crippen molar-refractivity contribution < 1.29 is 19.1 Å². The summed E-state index contributed by atoms with van der Waals surface area (Å²) in [4.78, 5) is 25.5. The Morgan fingerprint density at radius 3 is 2.58 bits per heavy atom. The van der Waals surface area contributed by atoms with Crippen molar-refractivity contribution in [2.45, 2.75) is 45.8 Å². The SMILES string of the molecule is CC(=O)N(CC(=O)NCC1CCCO1)c1ccc(OC(C)C)cc1. The highest BCUT2D eigenvalue weighted by Crippen LogP contribution is 2.20. The van der Waals surface area contributed by atoms with E-state index in [9.17, 15) is 9.59 Å². The molecule has 1 heterocycles. The van der Waals surface area contributed by atoms with Crippen LogP contribution in [0, 0.1) is 0 Å². The van der Waals surface area contributed by atoms with Crippen LogP contribution in [0.2, 0.25) is 0 Å². The number of hydrogen-bond acceptors (Lipinski definition) is 4. The number of carbonyl (C=O) groups is 2. The molecular formula is C18H26N2O4. The lowest BCUT2D eigenvalue weighted by atomic mass is 10.2. The molecule has 1 aromatic carbocycles. The zero-order chi connectivity index (χ0) is 17.5. The van der Waals surface area contributed by atoms with Crippen LogP contribution in [0.5, 0.6) is 5.75 Å². The summed E-state index contributed by atoms with van der Waals surface area (Å²) >= 11 is 0. The first-order chi connectivity index (χ1) is 11.5. The predicted octanol–water partition coefficient (Wildman–Crippen LogP) is 2.12. The third kappa shape index (κ3) is 5.53. The third-order valence-corrected chi connectivity index (χ3v) is 3.75. The van der Waals surface area contributed by atoms with Crippen LogP contribution in [0.25, 0.3) is 0 Å². The molecule has 1 unspecified atom stereocenters. The minimum atomic E-state index is -0.191. The number of nitrogens with one attached hydrogen (secondary N) is 1. The molecule has 0 aliphatic carbocycles. The summed E-state index contributed by atoms with van der Waals surface area (Å²) in [6.07, 6.45) is 2.18. The van der Waals surface area contributed by atoms with E-state index in [0.717, 1.165) is 25.2 Å². The minimum Gasteiger partial charge on any atom is -0.491 e. The molecule has 2 rings (SSSR count). The van der Waals surface area contributed by atoms with Crippen molar-refractivity contribution in [3.8, 4) is 5.75 Å². The van der Waals surface area contributed by atoms with Gasteiger partial charge in [-0.3, -0.25) is 9.59 Å². The van der Waals surface area contributed by atoms with Gasteiger partial charge in [0.25, 0.3) is 0 Å². The molecule has 0 saturated carbocycles. The van der Waals surface area contributed by atoms with Crippen molar-refractivity contribution in [3.05, 3.63) is 24.3 Å². The number of rotatable bonds is 7. The van der Waals surface area contributed by atoms with Gasteiger partial charge in [-0.25, -0.2) is 0 Å². The molecule has 1 aliphatic rings. The first kappa shape index (κ1) is 18.3. The first-order valence-corrected chi connectivity index (χ1v) is 8.39. The number of benzene rings is 1. The van der Waals surface area contributed by atoms with Crippen molar-refractivity contribution in [1.82, 2.24) is 5.32 Å². The van der Waals surface area contributed by atoms with Gasteiger partial charge in [-0.1, -0.05) is 0 Å². The molecule has 1 aromatic rings. The second-order valence-corrected chi connectivity index (χ2v) is 6.20. The summed E-state index contributed by atoms with van der Waals surface area (Å²) in [7, 11) is 0. The summed E-state index contributed by atoms with van der Waals surface area (Å²) in [5.74, 6) is 0.364. The molecular weight excluding hydrogens is 308 g/mol. The standard InChI is InChI=1S/C18H26N2O4/c1-13(2)24-16-8-6-15(7-9-16)20(14(3)21)12-18(22)19-11-17-5-4-10-23-17/h6-9,13,17H,4-5,10-12H2,1-3H3,(H,19,22). The Morgan fingerprint density at radius 1 is 1.33 bits per heavy atom. The van der Waals surface area contributed by atoms with Crippen molar-refractivity contribution in [2.24, 2.45) is 0 Å². The van der Waals surface area contributed by atoms with Gasteiger partial charge in [0, 0.05) is 25.8 Å². The Hall–Kier alpha value is -2.08. The van der Waals surface area contributed by atoms with Gasteiger partial charge in [0.1, 0.15) is 12.3 Å². The van der Waals surface area contributed by atoms with E-state index < -0.39 is 0 Å². The Morgan fingerprint density at radius 2 is 2.04 bits per heavy atom. The fourth-order valence-corrected chi connectivity index (χ4v) is 2.59. The van der Waals surface area contributed by atoms with Gasteiger partial charge in [0.05, 0.1) is 12.2 Å². The van der Waals surface area contributed by atoms with Gasteiger partial charge in [-0.05, 0) is 51.0 Å². The Balaban J connectivity index is 1.92. The van der Waals surface area contributed by atoms with Crippen LogP contribution in [0.1, 0.15) is 33.6 Å². The monoisotopic (exact) mass is 334 g/mol. The average molecular weight is 334 g/mol. The maximum absolute atomic E-state index is 12.1. The number of amides is 2. The molecule has 0 bridgehead atoms. The van der Waals surface area contributed by atoms with Crippen LogP contribution in [-0.4, -0.2) is 43.7 Å². The Kier molecular flexibility index (Phi) is 6.61. The number of anilines is 1. The topological polar surface area (TPSA) is 67.9 Å². The van der Waals surface area contributed by atoms with E-state index in [2.05, 4.69) is 5.32 Å². The summed E-state index contributed by atoms with van der Waals surface area (Å²) in [6.45, 7) is 6.59. The van der Waals surface area contributed by atoms with Crippen LogP contribution >= 0.6 is 0 Å². The molecule has 1 aliphatic heterocycles. The van der Waals surface area contributed by atoms with E-state index in [0.29, 0.717) is 12.2 Å². The normalized spacial score (nSPS) is 16.9. The number of nitrogens with zero attached hydrogens (tertiary/aromatic N) is 1. The van der Waals surface area contributed by atoms with E-state index in [1.54, 1.807) is 24.3 Å². The first-order valence-electron chi connectivity index (χ1n) is 8.39. The lowest BCUT2D eigenvalue weighted by Gasteiger charge is -2.21. The van der Waals surface area contributed by atoms with E-state index in [1.807, 2.05) is 13.8 Å². The fraction of sp³-hybridized carbons (Fsp3) is 0.556. The largest absolute Gasteiger partial charge is 0.491 e. The van der Waals surface area contributed by atoms with E-state index in [4.69, 9.17) is 9.47 Å². The van der Waals surface area contributed by atoms with Crippen LogP contribution in [0.3, 0.4) is 0 Å². The number of ether oxygens (including phenoxy) is 2. The van der Waals surface area contributed by atoms with Gasteiger partial charge in [-0.2, -0.15) is 0 Å². The van der Waals surface area contributed by atoms with Gasteiger partial charge in [0.2, 0.25) is 11.8 Å². The molecule has 1 saturated heterocycles. The molecule has 2 amide bonds. The van der Waals surface area contributed by atoms with Crippen LogP contribution in [-0.2, 0) is 14.3 Å². The van der Waals surface area contributed by atoms with Crippen molar-refractivity contribution in [2.75, 3.05) is 24.6 Å². The Labute approximate surface area is 143 Å². The highest BCUT2D eigenvalue weighted by molar-refractivity contribution is 5.97. The second kappa shape index (κ2) is 8.68. The smallest absolute Gasteiger partial charge is 0.240 e. The average Bonchev–Trinajstić information content (AvgIpc) is 3.04. The predicted molar refractivity (Wildman–Crippen MR) is 92.2 cm³/mol. The van der Waals surface area contributed by atoms with Gasteiger partial charge in [0.15, 0.2) is 0 Å². The fourth-order valence-electron chi connectivity index (χ4n) is 2.59. The number of hydrogen-bond donors (Lipinski definition) is 1. The van der Waals surface area contributed by atoms with Crippen LogP contribution in [0.15, 0.2) is 24.3 Å². The van der Waals surface area contributed by atoms with Crippen LogP contribution < -0.4 is 15.0 Å².